The van der Waals surface area contributed by atoms with Crippen LogP contribution in [0, 0.1) is 5.41 Å². The molecule has 3 rings (SSSR count). The van der Waals surface area contributed by atoms with Gasteiger partial charge in [-0.15, -0.1) is 0 Å². The van der Waals surface area contributed by atoms with Crippen molar-refractivity contribution < 1.29 is 8.42 Å². The molecule has 1 aromatic carbocycles. The van der Waals surface area contributed by atoms with Crippen molar-refractivity contribution in [2.75, 3.05) is 16.4 Å². The molecule has 0 aliphatic carbocycles. The summed E-state index contributed by atoms with van der Waals surface area (Å²) in [6, 6.07) is 4.78. The number of sulfone groups is 1. The predicted octanol–water partition coefficient (Wildman–Crippen LogP) is 2.65. The Morgan fingerprint density at radius 3 is 2.79 bits per heavy atom. The lowest BCUT2D eigenvalue weighted by molar-refractivity contribution is 0.601. The smallest absolute Gasteiger partial charge is 0.161 e. The molecule has 0 aromatic heterocycles. The molecule has 2 aliphatic heterocycles. The van der Waals surface area contributed by atoms with Gasteiger partial charge in [-0.1, -0.05) is 35.0 Å². The molecule has 0 spiro atoms. The molecule has 19 heavy (non-hydrogen) atoms. The van der Waals surface area contributed by atoms with Gasteiger partial charge in [0.2, 0.25) is 0 Å². The monoisotopic (exact) mass is 336 g/mol. The molecular formula is C11H10Cl2N2O2S2. The fourth-order valence-corrected chi connectivity index (χ4v) is 6.62. The number of anilines is 1. The number of nitrogens with zero attached hydrogens (tertiary/aromatic N) is 1. The Hall–Kier alpha value is -0.430. The van der Waals surface area contributed by atoms with Crippen molar-refractivity contribution in [1.29, 1.82) is 5.41 Å². The maximum atomic E-state index is 11.7. The highest BCUT2D eigenvalue weighted by Gasteiger charge is 2.49. The number of rotatable bonds is 1. The Morgan fingerprint density at radius 1 is 1.32 bits per heavy atom. The zero-order valence-electron chi connectivity index (χ0n) is 9.64. The molecule has 0 radical (unpaired) electrons. The Labute approximate surface area is 125 Å². The van der Waals surface area contributed by atoms with Gasteiger partial charge in [-0.25, -0.2) is 8.42 Å². The van der Waals surface area contributed by atoms with Crippen LogP contribution in [0.4, 0.5) is 5.69 Å². The van der Waals surface area contributed by atoms with E-state index in [0.29, 0.717) is 20.9 Å². The molecule has 4 nitrogen and oxygen atoms in total. The van der Waals surface area contributed by atoms with Crippen LogP contribution in [0.3, 0.4) is 0 Å². The molecule has 1 aromatic rings. The second-order valence-corrected chi connectivity index (χ2v) is 8.80. The van der Waals surface area contributed by atoms with E-state index in [9.17, 15) is 8.42 Å². The summed E-state index contributed by atoms with van der Waals surface area (Å²) >= 11 is 13.4. The van der Waals surface area contributed by atoms with E-state index in [2.05, 4.69) is 0 Å². The van der Waals surface area contributed by atoms with Crippen molar-refractivity contribution in [3.05, 3.63) is 28.2 Å². The highest BCUT2D eigenvalue weighted by atomic mass is 35.5. The Balaban J connectivity index is 2.04. The third kappa shape index (κ3) is 2.35. The summed E-state index contributed by atoms with van der Waals surface area (Å²) in [5, 5.41) is 9.26. The maximum Gasteiger partial charge on any atom is 0.161 e. The van der Waals surface area contributed by atoms with E-state index in [0.717, 1.165) is 0 Å². The quantitative estimate of drug-likeness (QED) is 0.856. The first-order chi connectivity index (χ1) is 8.87. The molecule has 0 unspecified atom stereocenters. The van der Waals surface area contributed by atoms with Crippen molar-refractivity contribution in [2.24, 2.45) is 0 Å². The standard InChI is InChI=1S/C11H10Cl2N2O2S2/c12-6-1-2-7(13)8(3-6)15-9-4-19(16,17)5-10(9)18-11(15)14/h1-3,9-10,14H,4-5H2/t9-,10+/m0/s1. The second-order valence-electron chi connectivity index (χ2n) is 4.57. The minimum atomic E-state index is -3.03. The summed E-state index contributed by atoms with van der Waals surface area (Å²) in [5.74, 6) is 0.190. The first-order valence-electron chi connectivity index (χ1n) is 5.57. The number of fused-ring (bicyclic) bond motifs is 1. The van der Waals surface area contributed by atoms with E-state index in [1.807, 2.05) is 0 Å². The number of hydrogen-bond acceptors (Lipinski definition) is 4. The minimum Gasteiger partial charge on any atom is -0.315 e. The minimum absolute atomic E-state index is 0.0654. The lowest BCUT2D eigenvalue weighted by Gasteiger charge is -2.25. The number of benzene rings is 1. The lowest BCUT2D eigenvalue weighted by atomic mass is 10.2. The van der Waals surface area contributed by atoms with Gasteiger partial charge in [0.1, 0.15) is 0 Å². The largest absolute Gasteiger partial charge is 0.315 e. The highest BCUT2D eigenvalue weighted by molar-refractivity contribution is 8.15. The SMILES string of the molecule is N=C1S[C@@H]2CS(=O)(=O)C[C@@H]2N1c1cc(Cl)ccc1Cl. The predicted molar refractivity (Wildman–Crippen MR) is 80.5 cm³/mol. The van der Waals surface area contributed by atoms with Crippen molar-refractivity contribution in [3.63, 3.8) is 0 Å². The highest BCUT2D eigenvalue weighted by Crippen LogP contribution is 2.43. The lowest BCUT2D eigenvalue weighted by Crippen LogP contribution is -2.37. The maximum absolute atomic E-state index is 11.7. The van der Waals surface area contributed by atoms with E-state index in [4.69, 9.17) is 28.6 Å². The van der Waals surface area contributed by atoms with Gasteiger partial charge in [-0.3, -0.25) is 5.41 Å². The molecule has 102 valence electrons. The summed E-state index contributed by atoms with van der Waals surface area (Å²) in [6.45, 7) is 0. The Kier molecular flexibility index (Phi) is 3.24. The van der Waals surface area contributed by atoms with Gasteiger partial charge >= 0.3 is 0 Å². The summed E-state index contributed by atoms with van der Waals surface area (Å²) in [6.07, 6.45) is 0. The second kappa shape index (κ2) is 4.55. The van der Waals surface area contributed by atoms with Crippen LogP contribution in [0.2, 0.25) is 10.0 Å². The molecule has 2 aliphatic rings. The van der Waals surface area contributed by atoms with Crippen LogP contribution in [0.5, 0.6) is 0 Å². The fraction of sp³-hybridized carbons (Fsp3) is 0.364. The zero-order valence-corrected chi connectivity index (χ0v) is 12.8. The third-order valence-corrected chi connectivity index (χ3v) is 6.94. The normalized spacial score (nSPS) is 28.7. The third-order valence-electron chi connectivity index (χ3n) is 3.25. The van der Waals surface area contributed by atoms with Crippen LogP contribution >= 0.6 is 35.0 Å². The van der Waals surface area contributed by atoms with Gasteiger partial charge in [0.15, 0.2) is 15.0 Å². The molecule has 0 amide bonds. The van der Waals surface area contributed by atoms with E-state index < -0.39 is 9.84 Å². The molecule has 8 heteroatoms. The summed E-state index contributed by atoms with van der Waals surface area (Å²) in [7, 11) is -3.03. The molecular weight excluding hydrogens is 327 g/mol. The molecule has 2 atom stereocenters. The molecule has 0 bridgehead atoms. The molecule has 1 N–H and O–H groups in total. The van der Waals surface area contributed by atoms with Gasteiger partial charge in [0, 0.05) is 10.3 Å². The zero-order chi connectivity index (χ0) is 13.8. The molecule has 2 fully saturated rings. The Morgan fingerprint density at radius 2 is 2.05 bits per heavy atom. The van der Waals surface area contributed by atoms with Crippen LogP contribution in [0.15, 0.2) is 18.2 Å². The first kappa shape index (κ1) is 13.5. The Bertz CT molecular complexity index is 663. The van der Waals surface area contributed by atoms with Crippen molar-refractivity contribution in [1.82, 2.24) is 0 Å². The first-order valence-corrected chi connectivity index (χ1v) is 9.03. The van der Waals surface area contributed by atoms with Crippen LogP contribution in [-0.2, 0) is 9.84 Å². The van der Waals surface area contributed by atoms with E-state index in [1.54, 1.807) is 23.1 Å². The number of nitrogens with one attached hydrogen (secondary N) is 1. The van der Waals surface area contributed by atoms with Gasteiger partial charge < -0.3 is 4.90 Å². The average Bonchev–Trinajstić information content (AvgIpc) is 2.73. The topological polar surface area (TPSA) is 61.2 Å². The van der Waals surface area contributed by atoms with Crippen molar-refractivity contribution in [3.8, 4) is 0 Å². The van der Waals surface area contributed by atoms with E-state index >= 15 is 0 Å². The van der Waals surface area contributed by atoms with Crippen molar-refractivity contribution >= 4 is 55.7 Å². The van der Waals surface area contributed by atoms with Crippen LogP contribution in [-0.4, -0.2) is 36.4 Å². The molecule has 2 heterocycles. The van der Waals surface area contributed by atoms with E-state index in [-0.39, 0.29) is 22.8 Å². The number of amidine groups is 1. The van der Waals surface area contributed by atoms with Gasteiger partial charge in [0.05, 0.1) is 28.3 Å². The van der Waals surface area contributed by atoms with Crippen LogP contribution in [0.1, 0.15) is 0 Å². The average molecular weight is 337 g/mol. The van der Waals surface area contributed by atoms with Gasteiger partial charge in [0.25, 0.3) is 0 Å². The van der Waals surface area contributed by atoms with Crippen LogP contribution in [0.25, 0.3) is 0 Å². The number of hydrogen-bond donors (Lipinski definition) is 1. The molecule has 2 saturated heterocycles. The van der Waals surface area contributed by atoms with Gasteiger partial charge in [-0.05, 0) is 18.2 Å². The fourth-order valence-electron chi connectivity index (χ4n) is 2.46. The number of halogens is 2. The number of thioether (sulfide) groups is 1. The molecule has 0 saturated carbocycles. The summed E-state index contributed by atoms with van der Waals surface area (Å²) in [4.78, 5) is 1.69. The van der Waals surface area contributed by atoms with Gasteiger partial charge in [-0.2, -0.15) is 0 Å². The van der Waals surface area contributed by atoms with Crippen LogP contribution < -0.4 is 4.90 Å². The van der Waals surface area contributed by atoms with Crippen molar-refractivity contribution in [2.45, 2.75) is 11.3 Å². The summed E-state index contributed by atoms with van der Waals surface area (Å²) < 4.78 is 23.4. The summed E-state index contributed by atoms with van der Waals surface area (Å²) in [5.41, 5.74) is 0.608. The van der Waals surface area contributed by atoms with E-state index in [1.165, 1.54) is 11.8 Å².